The largest absolute Gasteiger partial charge is 0.311 e. The Morgan fingerprint density at radius 3 is 0.774 bits per heavy atom. The number of nitrogens with zero attached hydrogens (tertiary/aromatic N) is 12. The van der Waals surface area contributed by atoms with E-state index in [1.807, 2.05) is 0 Å². The fourth-order valence-corrected chi connectivity index (χ4v) is 21.7. The van der Waals surface area contributed by atoms with E-state index >= 15 is 0 Å². The van der Waals surface area contributed by atoms with E-state index in [1.54, 1.807) is 0 Å². The Balaban J connectivity index is 0.000000114. The molecule has 12 heteroatoms. The van der Waals surface area contributed by atoms with E-state index in [2.05, 4.69) is 592 Å². The van der Waals surface area contributed by atoms with Gasteiger partial charge < -0.3 is 28.4 Å². The summed E-state index contributed by atoms with van der Waals surface area (Å²) in [5.41, 5.74) is 39.5. The number of aryl methyl sites for hydroxylation is 5. The summed E-state index contributed by atoms with van der Waals surface area (Å²) < 4.78 is 13.9. The SMILES string of the molecule is Cc1cc(C)c(-n2c(-c3ccc(N(c4ccccc4)c4ccc(-n5c6ccccc6c6ccccc65)cc4)cc3)nc3ccccc32)c(C)c1.Cc1ccc2nc(-c3ccc(N(c4ccccc4)c4ccc(-n5c6ccccc6c6ccccc65)cc4)cc3)n(-c3ccccc3)c2c1.Cc1cccc2c1nc(-c1ccc(N(c3ccccc3)c3ccc(-n4c5ccccc5c5ccccc54)cc3)cc1)n2-c1ccccc1. The van der Waals surface area contributed by atoms with Crippen LogP contribution in [0.25, 0.3) is 167 Å². The Hall–Kier alpha value is -19.2. The van der Waals surface area contributed by atoms with E-state index in [4.69, 9.17) is 15.0 Å². The molecule has 0 N–H and O–H groups in total. The monoisotopic (exact) mass is 1880 g/mol. The first-order chi connectivity index (χ1) is 72.0. The van der Waals surface area contributed by atoms with E-state index in [9.17, 15) is 0 Å². The van der Waals surface area contributed by atoms with Gasteiger partial charge in [-0.2, -0.15) is 0 Å². The minimum Gasteiger partial charge on any atom is -0.311 e. The highest BCUT2D eigenvalue weighted by atomic mass is 15.2. The third kappa shape index (κ3) is 16.1. The average Bonchev–Trinajstić information content (AvgIpc) is 1.61. The summed E-state index contributed by atoms with van der Waals surface area (Å²) in [7, 11) is 0. The third-order valence-electron chi connectivity index (χ3n) is 28.2. The highest BCUT2D eigenvalue weighted by molar-refractivity contribution is 6.12. The predicted octanol–water partition coefficient (Wildman–Crippen LogP) is 35.3. The Kier molecular flexibility index (Phi) is 22.8. The lowest BCUT2D eigenvalue weighted by Crippen LogP contribution is -2.10. The highest BCUT2D eigenvalue weighted by Crippen LogP contribution is 2.46. The van der Waals surface area contributed by atoms with Gasteiger partial charge in [0, 0.05) is 129 Å². The van der Waals surface area contributed by atoms with Gasteiger partial charge in [0.05, 0.1) is 71.9 Å². The molecular weight excluding hydrogens is 1780 g/mol. The number of anilines is 9. The standard InChI is InChI=1S/C46H36N4.2C44H32N4/c1-31-29-32(2)45(33(3)30-31)50-44-20-12-9-17-41(44)47-46(50)34-21-23-36(24-22-34)48(35-13-5-4-6-14-35)37-25-27-38(28-26-37)49-42-18-10-7-15-39(42)40-16-8-11-19-43(40)49;1-31-13-12-22-42-43(31)45-44(48(42)34-16-6-3-7-17-34)32-23-25-35(26-24-32)46(33-14-4-2-5-15-33)36-27-29-37(30-28-36)47-40-20-10-8-18-38(40)39-19-9-11-21-41(39)47;1-31-20-29-40-43(30-31)48(34-14-6-3-7-15-34)44(45-40)32-21-23-35(24-22-32)46(33-12-4-2-5-13-33)36-25-27-37(28-26-36)47-41-18-10-8-16-38(41)39-17-9-11-19-42(39)47/h4-30H,1-3H3;2*2-30H,1H3. The number of rotatable bonds is 18. The summed E-state index contributed by atoms with van der Waals surface area (Å²) in [6.45, 7) is 10.8. The zero-order valence-corrected chi connectivity index (χ0v) is 81.4. The number of imidazole rings is 3. The Labute approximate surface area is 847 Å². The van der Waals surface area contributed by atoms with Crippen molar-refractivity contribution in [3.63, 3.8) is 0 Å². The molecule has 0 fully saturated rings. The minimum atomic E-state index is 0.926. The summed E-state index contributed by atoms with van der Waals surface area (Å²) in [6.07, 6.45) is 0. The van der Waals surface area contributed by atoms with Crippen LogP contribution in [0, 0.1) is 34.6 Å². The fraction of sp³-hybridized carbons (Fsp3) is 0.0373. The van der Waals surface area contributed by atoms with Gasteiger partial charge in [-0.1, -0.05) is 248 Å². The number of hydrogen-bond acceptors (Lipinski definition) is 6. The van der Waals surface area contributed by atoms with E-state index in [0.717, 1.165) is 147 Å². The first-order valence-corrected chi connectivity index (χ1v) is 49.8. The van der Waals surface area contributed by atoms with Crippen molar-refractivity contribution in [1.29, 1.82) is 0 Å². The van der Waals surface area contributed by atoms with Crippen LogP contribution in [-0.4, -0.2) is 42.4 Å². The van der Waals surface area contributed by atoms with Crippen molar-refractivity contribution >= 4 is 150 Å². The molecule has 696 valence electrons. The molecule has 0 spiro atoms. The van der Waals surface area contributed by atoms with Gasteiger partial charge in [-0.3, -0.25) is 13.7 Å². The lowest BCUT2D eigenvalue weighted by Gasteiger charge is -2.26. The maximum atomic E-state index is 5.18. The molecule has 0 bridgehead atoms. The van der Waals surface area contributed by atoms with Gasteiger partial charge in [-0.05, 0) is 330 Å². The van der Waals surface area contributed by atoms with Gasteiger partial charge in [-0.15, -0.1) is 0 Å². The molecule has 6 heterocycles. The van der Waals surface area contributed by atoms with E-state index in [1.165, 1.54) is 98.9 Å². The number of benzene rings is 21. The molecule has 0 radical (unpaired) electrons. The van der Waals surface area contributed by atoms with Crippen molar-refractivity contribution in [3.05, 3.63) is 543 Å². The van der Waals surface area contributed by atoms with Gasteiger partial charge in [0.15, 0.2) is 0 Å². The topological polar surface area (TPSA) is 78.0 Å². The molecule has 27 aromatic rings. The van der Waals surface area contributed by atoms with Crippen LogP contribution in [0.1, 0.15) is 27.8 Å². The zero-order valence-electron chi connectivity index (χ0n) is 81.4. The maximum Gasteiger partial charge on any atom is 0.145 e. The summed E-state index contributed by atoms with van der Waals surface area (Å²) >= 11 is 0. The fourth-order valence-electron chi connectivity index (χ4n) is 21.7. The Morgan fingerprint density at radius 2 is 0.425 bits per heavy atom. The molecule has 0 aliphatic carbocycles. The van der Waals surface area contributed by atoms with Crippen LogP contribution in [-0.2, 0) is 0 Å². The lowest BCUT2D eigenvalue weighted by molar-refractivity contribution is 1.06. The molecule has 21 aromatic carbocycles. The number of hydrogen-bond donors (Lipinski definition) is 0. The van der Waals surface area contributed by atoms with Crippen molar-refractivity contribution in [2.24, 2.45) is 0 Å². The molecule has 0 aliphatic heterocycles. The van der Waals surface area contributed by atoms with E-state index < -0.39 is 0 Å². The molecule has 0 amide bonds. The second-order valence-electron chi connectivity index (χ2n) is 37.5. The summed E-state index contributed by atoms with van der Waals surface area (Å²) in [5, 5.41) is 7.58. The molecule has 0 aliphatic rings. The predicted molar refractivity (Wildman–Crippen MR) is 610 cm³/mol. The second kappa shape index (κ2) is 37.8. The summed E-state index contributed by atoms with van der Waals surface area (Å²) in [5.74, 6) is 2.79. The normalized spacial score (nSPS) is 11.5. The molecule has 0 saturated heterocycles. The molecule has 0 atom stereocenters. The molecule has 0 saturated carbocycles. The van der Waals surface area contributed by atoms with Crippen molar-refractivity contribution in [1.82, 2.24) is 42.4 Å². The quantitative estimate of drug-likeness (QED) is 0.0852. The van der Waals surface area contributed by atoms with Gasteiger partial charge in [-0.25, -0.2) is 15.0 Å². The van der Waals surface area contributed by atoms with Crippen molar-refractivity contribution in [2.75, 3.05) is 14.7 Å². The summed E-state index contributed by atoms with van der Waals surface area (Å²) in [6, 6.07) is 183. The van der Waals surface area contributed by atoms with Crippen molar-refractivity contribution in [2.45, 2.75) is 34.6 Å². The Bertz CT molecular complexity index is 9270. The summed E-state index contributed by atoms with van der Waals surface area (Å²) in [4.78, 5) is 22.4. The number of fused-ring (bicyclic) bond motifs is 12. The second-order valence-corrected chi connectivity index (χ2v) is 37.5. The third-order valence-corrected chi connectivity index (χ3v) is 28.2. The highest BCUT2D eigenvalue weighted by Gasteiger charge is 2.26. The zero-order chi connectivity index (χ0) is 97.8. The number of para-hydroxylation sites is 14. The van der Waals surface area contributed by atoms with Crippen LogP contribution >= 0.6 is 0 Å². The van der Waals surface area contributed by atoms with Crippen LogP contribution in [0.3, 0.4) is 0 Å². The molecular formula is C134H100N12. The van der Waals surface area contributed by atoms with Gasteiger partial charge in [0.25, 0.3) is 0 Å². The smallest absolute Gasteiger partial charge is 0.145 e. The first kappa shape index (κ1) is 88.3. The average molecular weight is 1880 g/mol. The van der Waals surface area contributed by atoms with Gasteiger partial charge >= 0.3 is 0 Å². The van der Waals surface area contributed by atoms with Crippen LogP contribution in [0.5, 0.6) is 0 Å². The minimum absolute atomic E-state index is 0.926. The number of aromatic nitrogens is 9. The molecule has 0 unspecified atom stereocenters. The molecule has 6 aromatic heterocycles. The van der Waals surface area contributed by atoms with Crippen molar-refractivity contribution in [3.8, 4) is 68.3 Å². The van der Waals surface area contributed by atoms with Crippen molar-refractivity contribution < 1.29 is 0 Å². The first-order valence-electron chi connectivity index (χ1n) is 49.8. The van der Waals surface area contributed by atoms with E-state index in [0.29, 0.717) is 0 Å². The van der Waals surface area contributed by atoms with Gasteiger partial charge in [0.2, 0.25) is 0 Å². The molecule has 146 heavy (non-hydrogen) atoms. The lowest BCUT2D eigenvalue weighted by atomic mass is 10.0. The maximum absolute atomic E-state index is 5.18. The van der Waals surface area contributed by atoms with Gasteiger partial charge in [0.1, 0.15) is 17.5 Å². The Morgan fingerprint density at radius 1 is 0.164 bits per heavy atom. The van der Waals surface area contributed by atoms with Crippen LogP contribution in [0.4, 0.5) is 51.2 Å². The molecule has 12 nitrogen and oxygen atoms in total. The van der Waals surface area contributed by atoms with Crippen LogP contribution in [0.2, 0.25) is 0 Å². The molecule has 27 rings (SSSR count). The van der Waals surface area contributed by atoms with Crippen LogP contribution < -0.4 is 14.7 Å². The van der Waals surface area contributed by atoms with E-state index in [-0.39, 0.29) is 0 Å². The van der Waals surface area contributed by atoms with Crippen LogP contribution in [0.15, 0.2) is 516 Å².